The van der Waals surface area contributed by atoms with Crippen molar-refractivity contribution in [2.75, 3.05) is 24.7 Å². The first-order valence-corrected chi connectivity index (χ1v) is 11.2. The molecular formula is C20H23N3O5S. The van der Waals surface area contributed by atoms with E-state index in [4.69, 9.17) is 0 Å². The molecule has 0 radical (unpaired) electrons. The number of nitro benzene ring substituents is 1. The van der Waals surface area contributed by atoms with Crippen LogP contribution in [0.3, 0.4) is 0 Å². The molecule has 1 saturated heterocycles. The number of hydrogen-bond donors (Lipinski definition) is 1. The summed E-state index contributed by atoms with van der Waals surface area (Å²) >= 11 is 0. The second kappa shape index (κ2) is 8.20. The highest BCUT2D eigenvalue weighted by molar-refractivity contribution is 7.90. The number of piperidine rings is 1. The Balaban J connectivity index is 1.68. The predicted octanol–water partition coefficient (Wildman–Crippen LogP) is 3.02. The number of amides is 1. The van der Waals surface area contributed by atoms with E-state index in [1.54, 1.807) is 4.90 Å². The molecule has 1 N–H and O–H groups in total. The molecular weight excluding hydrogens is 394 g/mol. The molecule has 1 heterocycles. The SMILES string of the molecule is Cc1ccc(C(=O)N2CCC(Nc3ccc([N+](=O)[O-])cc3S(C)(=O)=O)CC2)cc1. The number of carbonyl (C=O) groups excluding carboxylic acids is 1. The first-order valence-electron chi connectivity index (χ1n) is 9.26. The quantitative estimate of drug-likeness (QED) is 0.591. The Bertz CT molecular complexity index is 1030. The van der Waals surface area contributed by atoms with Gasteiger partial charge in [0.15, 0.2) is 9.84 Å². The van der Waals surface area contributed by atoms with Gasteiger partial charge in [0.1, 0.15) is 0 Å². The maximum absolute atomic E-state index is 12.6. The molecule has 0 aliphatic carbocycles. The Labute approximate surface area is 169 Å². The predicted molar refractivity (Wildman–Crippen MR) is 110 cm³/mol. The normalized spacial score (nSPS) is 15.2. The van der Waals surface area contributed by atoms with E-state index < -0.39 is 14.8 Å². The second-order valence-corrected chi connectivity index (χ2v) is 9.27. The number of anilines is 1. The molecule has 3 rings (SSSR count). The van der Waals surface area contributed by atoms with Crippen LogP contribution in [0.1, 0.15) is 28.8 Å². The minimum Gasteiger partial charge on any atom is -0.381 e. The molecule has 8 nitrogen and oxygen atoms in total. The van der Waals surface area contributed by atoms with Crippen LogP contribution in [0, 0.1) is 17.0 Å². The molecule has 1 fully saturated rings. The van der Waals surface area contributed by atoms with Gasteiger partial charge in [-0.2, -0.15) is 0 Å². The number of nitro groups is 1. The number of non-ortho nitro benzene ring substituents is 1. The number of aryl methyl sites for hydroxylation is 1. The fourth-order valence-electron chi connectivity index (χ4n) is 3.38. The van der Waals surface area contributed by atoms with Gasteiger partial charge in [0.2, 0.25) is 0 Å². The number of carbonyl (C=O) groups is 1. The van der Waals surface area contributed by atoms with Gasteiger partial charge in [-0.15, -0.1) is 0 Å². The van der Waals surface area contributed by atoms with Gasteiger partial charge in [-0.1, -0.05) is 17.7 Å². The molecule has 154 valence electrons. The molecule has 0 unspecified atom stereocenters. The van der Waals surface area contributed by atoms with E-state index in [2.05, 4.69) is 5.32 Å². The summed E-state index contributed by atoms with van der Waals surface area (Å²) < 4.78 is 24.2. The third kappa shape index (κ3) is 4.92. The molecule has 0 spiro atoms. The molecule has 29 heavy (non-hydrogen) atoms. The van der Waals surface area contributed by atoms with Crippen molar-refractivity contribution >= 4 is 27.1 Å². The highest BCUT2D eigenvalue weighted by Crippen LogP contribution is 2.28. The Morgan fingerprint density at radius 3 is 2.31 bits per heavy atom. The standard InChI is InChI=1S/C20H23N3O5S/c1-14-3-5-15(6-4-14)20(24)22-11-9-16(10-12-22)21-18-8-7-17(23(25)26)13-19(18)29(2,27)28/h3-8,13,16,21H,9-12H2,1-2H3. The number of benzene rings is 2. The summed E-state index contributed by atoms with van der Waals surface area (Å²) in [5.41, 5.74) is 1.82. The van der Waals surface area contributed by atoms with Crippen molar-refractivity contribution in [2.45, 2.75) is 30.7 Å². The Morgan fingerprint density at radius 2 is 1.76 bits per heavy atom. The highest BCUT2D eigenvalue weighted by Gasteiger charge is 2.26. The average molecular weight is 417 g/mol. The Morgan fingerprint density at radius 1 is 1.14 bits per heavy atom. The van der Waals surface area contributed by atoms with Gasteiger partial charge in [0, 0.05) is 43.1 Å². The van der Waals surface area contributed by atoms with Gasteiger partial charge >= 0.3 is 0 Å². The monoisotopic (exact) mass is 417 g/mol. The fourth-order valence-corrected chi connectivity index (χ4v) is 4.24. The van der Waals surface area contributed by atoms with Crippen molar-refractivity contribution < 1.29 is 18.1 Å². The van der Waals surface area contributed by atoms with Gasteiger partial charge in [-0.05, 0) is 38.0 Å². The van der Waals surface area contributed by atoms with Gasteiger partial charge in [-0.3, -0.25) is 14.9 Å². The lowest BCUT2D eigenvalue weighted by Gasteiger charge is -2.33. The molecule has 0 aromatic heterocycles. The molecule has 1 aliphatic rings. The maximum Gasteiger partial charge on any atom is 0.270 e. The molecule has 1 amide bonds. The molecule has 0 bridgehead atoms. The summed E-state index contributed by atoms with van der Waals surface area (Å²) in [6.07, 6.45) is 2.33. The molecule has 1 aliphatic heterocycles. The maximum atomic E-state index is 12.6. The summed E-state index contributed by atoms with van der Waals surface area (Å²) in [6, 6.07) is 11.2. The first kappa shape index (κ1) is 20.8. The number of nitrogens with zero attached hydrogens (tertiary/aromatic N) is 2. The van der Waals surface area contributed by atoms with Crippen molar-refractivity contribution in [3.8, 4) is 0 Å². The van der Waals surface area contributed by atoms with E-state index in [1.165, 1.54) is 12.1 Å². The molecule has 9 heteroatoms. The minimum atomic E-state index is -3.64. The van der Waals surface area contributed by atoms with E-state index in [1.807, 2.05) is 31.2 Å². The van der Waals surface area contributed by atoms with Crippen molar-refractivity contribution in [3.05, 3.63) is 63.7 Å². The molecule has 0 atom stereocenters. The highest BCUT2D eigenvalue weighted by atomic mass is 32.2. The molecule has 0 saturated carbocycles. The van der Waals surface area contributed by atoms with E-state index in [9.17, 15) is 23.3 Å². The van der Waals surface area contributed by atoms with Crippen molar-refractivity contribution in [2.24, 2.45) is 0 Å². The smallest absolute Gasteiger partial charge is 0.270 e. The summed E-state index contributed by atoms with van der Waals surface area (Å²) in [7, 11) is -3.64. The first-order chi connectivity index (χ1) is 13.6. The third-order valence-corrected chi connectivity index (χ3v) is 6.15. The third-order valence-electron chi connectivity index (χ3n) is 5.02. The van der Waals surface area contributed by atoms with Gasteiger partial charge < -0.3 is 10.2 Å². The number of nitrogens with one attached hydrogen (secondary N) is 1. The Hall–Kier alpha value is -2.94. The van der Waals surface area contributed by atoms with Gasteiger partial charge in [0.25, 0.3) is 11.6 Å². The van der Waals surface area contributed by atoms with Crippen LogP contribution in [0.2, 0.25) is 0 Å². The van der Waals surface area contributed by atoms with Crippen molar-refractivity contribution in [1.82, 2.24) is 4.90 Å². The van der Waals surface area contributed by atoms with E-state index >= 15 is 0 Å². The fraction of sp³-hybridized carbons (Fsp3) is 0.350. The summed E-state index contributed by atoms with van der Waals surface area (Å²) in [5, 5.41) is 14.2. The minimum absolute atomic E-state index is 0.0180. The number of rotatable bonds is 5. The summed E-state index contributed by atoms with van der Waals surface area (Å²) in [4.78, 5) is 24.7. The zero-order valence-corrected chi connectivity index (χ0v) is 17.1. The number of likely N-dealkylation sites (tertiary alicyclic amines) is 1. The van der Waals surface area contributed by atoms with E-state index in [0.29, 0.717) is 37.2 Å². The number of hydrogen-bond acceptors (Lipinski definition) is 6. The van der Waals surface area contributed by atoms with Crippen LogP contribution in [0.5, 0.6) is 0 Å². The van der Waals surface area contributed by atoms with Crippen LogP contribution in [-0.4, -0.2) is 49.5 Å². The summed E-state index contributed by atoms with van der Waals surface area (Å²) in [5.74, 6) is -0.0180. The lowest BCUT2D eigenvalue weighted by atomic mass is 10.0. The van der Waals surface area contributed by atoms with Gasteiger partial charge in [0.05, 0.1) is 15.5 Å². The van der Waals surface area contributed by atoms with Crippen LogP contribution >= 0.6 is 0 Å². The number of sulfone groups is 1. The second-order valence-electron chi connectivity index (χ2n) is 7.29. The largest absolute Gasteiger partial charge is 0.381 e. The lowest BCUT2D eigenvalue weighted by Crippen LogP contribution is -2.42. The molecule has 2 aromatic rings. The Kier molecular flexibility index (Phi) is 5.88. The van der Waals surface area contributed by atoms with Crippen LogP contribution in [0.15, 0.2) is 47.4 Å². The van der Waals surface area contributed by atoms with Crippen LogP contribution < -0.4 is 5.32 Å². The molecule has 2 aromatic carbocycles. The summed E-state index contributed by atoms with van der Waals surface area (Å²) in [6.45, 7) is 3.06. The lowest BCUT2D eigenvalue weighted by molar-refractivity contribution is -0.385. The van der Waals surface area contributed by atoms with Crippen LogP contribution in [-0.2, 0) is 9.84 Å². The van der Waals surface area contributed by atoms with Gasteiger partial charge in [-0.25, -0.2) is 8.42 Å². The van der Waals surface area contributed by atoms with E-state index in [-0.39, 0.29) is 22.5 Å². The van der Waals surface area contributed by atoms with Crippen LogP contribution in [0.25, 0.3) is 0 Å². The van der Waals surface area contributed by atoms with E-state index in [0.717, 1.165) is 17.9 Å². The topological polar surface area (TPSA) is 110 Å². The van der Waals surface area contributed by atoms with Crippen molar-refractivity contribution in [1.29, 1.82) is 0 Å². The van der Waals surface area contributed by atoms with Crippen LogP contribution in [0.4, 0.5) is 11.4 Å². The van der Waals surface area contributed by atoms with Crippen molar-refractivity contribution in [3.63, 3.8) is 0 Å². The zero-order valence-electron chi connectivity index (χ0n) is 16.3. The average Bonchev–Trinajstić information content (AvgIpc) is 2.68. The zero-order chi connectivity index (χ0) is 21.2.